The predicted molar refractivity (Wildman–Crippen MR) is 139 cm³/mol. The van der Waals surface area contributed by atoms with Gasteiger partial charge in [0, 0.05) is 11.8 Å². The second kappa shape index (κ2) is 10.5. The number of hydrogen-bond donors (Lipinski definition) is 0. The van der Waals surface area contributed by atoms with Crippen molar-refractivity contribution in [3.8, 4) is 35.4 Å². The van der Waals surface area contributed by atoms with Gasteiger partial charge in [-0.25, -0.2) is 8.78 Å². The maximum atomic E-state index is 14.3. The Morgan fingerprint density at radius 3 is 1.70 bits per heavy atom. The Balaban J connectivity index is 1.81. The quantitative estimate of drug-likeness (QED) is 0.216. The lowest BCUT2D eigenvalue weighted by atomic mass is 9.78. The lowest BCUT2D eigenvalue weighted by Gasteiger charge is -2.24. The number of fused-ring (bicyclic) bond motifs is 3. The van der Waals surface area contributed by atoms with Gasteiger partial charge in [0.05, 0.1) is 34.4 Å². The fraction of sp³-hybridized carbons (Fsp3) is 0.125. The number of nitrogens with zero attached hydrogens (tertiary/aromatic N) is 4. The first-order valence-corrected chi connectivity index (χ1v) is 12.4. The minimum absolute atomic E-state index is 0.0755. The van der Waals surface area contributed by atoms with Crippen molar-refractivity contribution in [2.75, 3.05) is 0 Å². The largest absolute Gasteiger partial charge is 0.416 e. The molecule has 0 N–H and O–H groups in total. The van der Waals surface area contributed by atoms with Crippen molar-refractivity contribution in [3.05, 3.63) is 117 Å². The van der Waals surface area contributed by atoms with Gasteiger partial charge in [-0.3, -0.25) is 0 Å². The molecule has 12 heteroatoms. The van der Waals surface area contributed by atoms with Gasteiger partial charge in [-0.2, -0.15) is 47.4 Å². The first-order chi connectivity index (χ1) is 20.7. The first-order valence-electron chi connectivity index (χ1n) is 12.4. The fourth-order valence-corrected chi connectivity index (χ4v) is 5.54. The zero-order valence-corrected chi connectivity index (χ0v) is 21.7. The lowest BCUT2D eigenvalue weighted by molar-refractivity contribution is -0.138. The minimum atomic E-state index is -4.92. The number of nitriles is 4. The summed E-state index contributed by atoms with van der Waals surface area (Å²) in [7, 11) is 0. The van der Waals surface area contributed by atoms with E-state index in [-0.39, 0.29) is 62.2 Å². The van der Waals surface area contributed by atoms with E-state index >= 15 is 0 Å². The predicted octanol–water partition coefficient (Wildman–Crippen LogP) is 8.60. The highest BCUT2D eigenvalue weighted by Crippen LogP contribution is 2.54. The van der Waals surface area contributed by atoms with E-state index in [9.17, 15) is 56.2 Å². The smallest absolute Gasteiger partial charge is 0.207 e. The normalized spacial score (nSPS) is 17.2. The third-order valence-electron chi connectivity index (χ3n) is 7.35. The van der Waals surface area contributed by atoms with Crippen LogP contribution in [0, 0.1) is 62.9 Å². The summed E-state index contributed by atoms with van der Waals surface area (Å²) >= 11 is 0. The van der Waals surface area contributed by atoms with Crippen LogP contribution in [0.5, 0.6) is 0 Å². The molecule has 0 amide bonds. The molecule has 2 atom stereocenters. The average molecular weight is 604 g/mol. The third kappa shape index (κ3) is 5.08. The summed E-state index contributed by atoms with van der Waals surface area (Å²) in [6, 6.07) is 13.1. The molecule has 44 heavy (non-hydrogen) atoms. The van der Waals surface area contributed by atoms with Gasteiger partial charge in [0.2, 0.25) is 0 Å². The van der Waals surface area contributed by atoms with Gasteiger partial charge in [-0.05, 0) is 87.5 Å². The highest BCUT2D eigenvalue weighted by atomic mass is 19.4. The second-order valence-corrected chi connectivity index (χ2v) is 9.89. The molecular formula is C32H12F8N4. The van der Waals surface area contributed by atoms with Gasteiger partial charge in [0.25, 0.3) is 0 Å². The summed E-state index contributed by atoms with van der Waals surface area (Å²) in [5.41, 5.74) is -3.80. The van der Waals surface area contributed by atoms with Crippen molar-refractivity contribution < 1.29 is 35.1 Å². The zero-order valence-electron chi connectivity index (χ0n) is 21.7. The van der Waals surface area contributed by atoms with Crippen LogP contribution >= 0.6 is 0 Å². The van der Waals surface area contributed by atoms with Crippen LogP contribution in [-0.4, -0.2) is 0 Å². The van der Waals surface area contributed by atoms with Gasteiger partial charge < -0.3 is 0 Å². The summed E-state index contributed by atoms with van der Waals surface area (Å²) in [5, 5.41) is 39.2. The number of rotatable bonds is 2. The molecule has 0 saturated carbocycles. The third-order valence-corrected chi connectivity index (χ3v) is 7.35. The zero-order chi connectivity index (χ0) is 32.1. The molecule has 0 heterocycles. The molecular weight excluding hydrogens is 592 g/mol. The van der Waals surface area contributed by atoms with E-state index < -0.39 is 52.5 Å². The SMILES string of the molecule is N#CC1=CC2C(=C(C#N)C#N)c3cc(C#N)c(-c4cc(F)cc(C(F)(F)F)c4)cc3C2C=C1c1cc(F)cc(C(F)(F)F)c1. The van der Waals surface area contributed by atoms with Crippen LogP contribution in [0.4, 0.5) is 35.1 Å². The monoisotopic (exact) mass is 604 g/mol. The summed E-state index contributed by atoms with van der Waals surface area (Å²) in [4.78, 5) is 0. The van der Waals surface area contributed by atoms with E-state index in [1.54, 1.807) is 12.1 Å². The van der Waals surface area contributed by atoms with Crippen molar-refractivity contribution in [2.24, 2.45) is 5.92 Å². The molecule has 3 aromatic rings. The Bertz CT molecular complexity index is 2000. The molecule has 5 rings (SSSR count). The standard InChI is InChI=1S/C32H12F8N4/c33-22-3-15(1-20(7-22)31(35,36)37)24-9-26-27-10-25(16-2-21(32(38,39)40)8-23(34)4-16)18(12-42)6-29(27)30(19(13-43)14-44)28(26)5-17(24)11-41/h1-10,26,28H. The van der Waals surface area contributed by atoms with Crippen LogP contribution in [0.3, 0.4) is 0 Å². The first kappa shape index (κ1) is 29.8. The Hall–Kier alpha value is -5.72. The van der Waals surface area contributed by atoms with E-state index in [0.29, 0.717) is 12.1 Å². The maximum absolute atomic E-state index is 14.3. The van der Waals surface area contributed by atoms with Gasteiger partial charge in [-0.1, -0.05) is 12.2 Å². The summed E-state index contributed by atoms with van der Waals surface area (Å²) in [6.45, 7) is 0. The number of allylic oxidation sites excluding steroid dienone is 6. The van der Waals surface area contributed by atoms with Crippen LogP contribution < -0.4 is 0 Å². The molecule has 2 aliphatic carbocycles. The molecule has 0 fully saturated rings. The van der Waals surface area contributed by atoms with E-state index in [2.05, 4.69) is 0 Å². The van der Waals surface area contributed by atoms with Crippen molar-refractivity contribution in [2.45, 2.75) is 18.3 Å². The molecule has 0 radical (unpaired) electrons. The van der Waals surface area contributed by atoms with E-state index in [1.807, 2.05) is 12.1 Å². The van der Waals surface area contributed by atoms with Gasteiger partial charge in [0.1, 0.15) is 29.3 Å². The minimum Gasteiger partial charge on any atom is -0.207 e. The van der Waals surface area contributed by atoms with Crippen molar-refractivity contribution in [1.82, 2.24) is 0 Å². The highest BCUT2D eigenvalue weighted by molar-refractivity contribution is 5.93. The fourth-order valence-electron chi connectivity index (χ4n) is 5.54. The van der Waals surface area contributed by atoms with E-state index in [1.165, 1.54) is 24.3 Å². The number of benzene rings is 3. The van der Waals surface area contributed by atoms with Gasteiger partial charge in [-0.15, -0.1) is 0 Å². The molecule has 0 bridgehead atoms. The molecule has 4 nitrogen and oxygen atoms in total. The number of halogens is 8. The molecule has 3 aromatic carbocycles. The van der Waals surface area contributed by atoms with Gasteiger partial charge >= 0.3 is 12.4 Å². The van der Waals surface area contributed by atoms with Crippen LogP contribution in [0.2, 0.25) is 0 Å². The Morgan fingerprint density at radius 1 is 0.614 bits per heavy atom. The second-order valence-electron chi connectivity index (χ2n) is 9.89. The lowest BCUT2D eigenvalue weighted by Crippen LogP contribution is -2.12. The van der Waals surface area contributed by atoms with Crippen LogP contribution in [0.25, 0.3) is 22.3 Å². The van der Waals surface area contributed by atoms with Gasteiger partial charge in [0.15, 0.2) is 0 Å². The molecule has 0 aromatic heterocycles. The molecule has 0 spiro atoms. The van der Waals surface area contributed by atoms with E-state index in [4.69, 9.17) is 0 Å². The topological polar surface area (TPSA) is 95.2 Å². The Labute approximate surface area is 243 Å². The van der Waals surface area contributed by atoms with Crippen LogP contribution in [0.15, 0.2) is 71.8 Å². The molecule has 216 valence electrons. The summed E-state index contributed by atoms with van der Waals surface area (Å²) < 4.78 is 110. The van der Waals surface area contributed by atoms with Crippen molar-refractivity contribution >= 4 is 11.1 Å². The molecule has 2 unspecified atom stereocenters. The van der Waals surface area contributed by atoms with Crippen molar-refractivity contribution in [1.29, 1.82) is 21.0 Å². The maximum Gasteiger partial charge on any atom is 0.416 e. The summed E-state index contributed by atoms with van der Waals surface area (Å²) in [6.07, 6.45) is -7.19. The highest BCUT2D eigenvalue weighted by Gasteiger charge is 2.41. The van der Waals surface area contributed by atoms with E-state index in [0.717, 1.165) is 12.1 Å². The molecule has 0 saturated heterocycles. The summed E-state index contributed by atoms with van der Waals surface area (Å²) in [5.74, 6) is -4.33. The Kier molecular flexibility index (Phi) is 7.12. The number of hydrogen-bond acceptors (Lipinski definition) is 4. The van der Waals surface area contributed by atoms with Crippen LogP contribution in [-0.2, 0) is 12.4 Å². The van der Waals surface area contributed by atoms with Crippen LogP contribution in [0.1, 0.15) is 39.3 Å². The molecule has 0 aliphatic heterocycles. The number of alkyl halides is 6. The molecule has 2 aliphatic rings. The van der Waals surface area contributed by atoms with Crippen molar-refractivity contribution in [3.63, 3.8) is 0 Å². The Morgan fingerprint density at radius 2 is 1.18 bits per heavy atom. The average Bonchev–Trinajstić information content (AvgIpc) is 3.27.